The van der Waals surface area contributed by atoms with E-state index in [-0.39, 0.29) is 31.2 Å². The second-order valence-electron chi connectivity index (χ2n) is 9.73. The van der Waals surface area contributed by atoms with Crippen LogP contribution in [0.4, 0.5) is 0 Å². The molecule has 1 aliphatic heterocycles. The molecule has 4 atom stereocenters. The summed E-state index contributed by atoms with van der Waals surface area (Å²) in [6.07, 6.45) is 0.231. The SMILES string of the molecule is Cc1cc(O)cc(C)c1C[C@H](N)C(=O)N[C@H](C)C(=O)N[C@@H]1C(=O)N(CC(N)=O)Cc2ccccc2[C@@H]1C. The predicted molar refractivity (Wildman–Crippen MR) is 138 cm³/mol. The summed E-state index contributed by atoms with van der Waals surface area (Å²) in [5.74, 6) is -2.39. The van der Waals surface area contributed by atoms with Crippen LogP contribution in [0.15, 0.2) is 36.4 Å². The van der Waals surface area contributed by atoms with Crippen LogP contribution in [-0.2, 0) is 32.1 Å². The molecule has 3 rings (SSSR count). The van der Waals surface area contributed by atoms with Gasteiger partial charge in [-0.05, 0) is 67.1 Å². The number of rotatable bonds is 8. The Morgan fingerprint density at radius 1 is 1.14 bits per heavy atom. The summed E-state index contributed by atoms with van der Waals surface area (Å²) in [7, 11) is 0. The van der Waals surface area contributed by atoms with Gasteiger partial charge in [-0.1, -0.05) is 31.2 Å². The number of aryl methyl sites for hydroxylation is 2. The molecule has 10 heteroatoms. The third-order valence-electron chi connectivity index (χ3n) is 6.82. The van der Waals surface area contributed by atoms with Crippen LogP contribution < -0.4 is 22.1 Å². The number of nitrogens with zero attached hydrogens (tertiary/aromatic N) is 1. The summed E-state index contributed by atoms with van der Waals surface area (Å²) < 4.78 is 0. The molecule has 0 fully saturated rings. The number of fused-ring (bicyclic) bond motifs is 1. The minimum atomic E-state index is -0.969. The van der Waals surface area contributed by atoms with Crippen molar-refractivity contribution in [2.75, 3.05) is 6.54 Å². The minimum absolute atomic E-state index is 0.140. The number of nitrogens with one attached hydrogen (secondary N) is 2. The molecular weight excluding hydrogens is 474 g/mol. The van der Waals surface area contributed by atoms with Gasteiger partial charge in [0.1, 0.15) is 17.8 Å². The van der Waals surface area contributed by atoms with Gasteiger partial charge in [0.25, 0.3) is 0 Å². The van der Waals surface area contributed by atoms with E-state index in [9.17, 15) is 24.3 Å². The fourth-order valence-electron chi connectivity index (χ4n) is 4.77. The first-order chi connectivity index (χ1) is 17.4. The van der Waals surface area contributed by atoms with E-state index >= 15 is 0 Å². The van der Waals surface area contributed by atoms with Crippen LogP contribution in [-0.4, -0.2) is 58.3 Å². The van der Waals surface area contributed by atoms with Crippen molar-refractivity contribution >= 4 is 23.6 Å². The van der Waals surface area contributed by atoms with E-state index < -0.39 is 41.8 Å². The van der Waals surface area contributed by atoms with Gasteiger partial charge >= 0.3 is 0 Å². The van der Waals surface area contributed by atoms with Gasteiger partial charge in [0.15, 0.2) is 0 Å². The fourth-order valence-corrected chi connectivity index (χ4v) is 4.77. The van der Waals surface area contributed by atoms with Crippen molar-refractivity contribution in [1.29, 1.82) is 0 Å². The Balaban J connectivity index is 1.71. The molecule has 7 N–H and O–H groups in total. The number of hydrogen-bond acceptors (Lipinski definition) is 6. The Kier molecular flexibility index (Phi) is 8.54. The van der Waals surface area contributed by atoms with Crippen molar-refractivity contribution in [2.45, 2.75) is 64.7 Å². The summed E-state index contributed by atoms with van der Waals surface area (Å²) in [4.78, 5) is 52.1. The first kappa shape index (κ1) is 27.7. The van der Waals surface area contributed by atoms with Crippen LogP contribution in [0, 0.1) is 13.8 Å². The van der Waals surface area contributed by atoms with Crippen molar-refractivity contribution in [2.24, 2.45) is 11.5 Å². The van der Waals surface area contributed by atoms with Crippen molar-refractivity contribution in [3.8, 4) is 5.75 Å². The maximum atomic E-state index is 13.3. The lowest BCUT2D eigenvalue weighted by atomic mass is 9.90. The maximum Gasteiger partial charge on any atom is 0.246 e. The van der Waals surface area contributed by atoms with Crippen molar-refractivity contribution in [3.63, 3.8) is 0 Å². The van der Waals surface area contributed by atoms with Gasteiger partial charge in [0.2, 0.25) is 23.6 Å². The van der Waals surface area contributed by atoms with Gasteiger partial charge in [0, 0.05) is 12.5 Å². The van der Waals surface area contributed by atoms with E-state index in [1.165, 1.54) is 11.8 Å². The molecule has 0 radical (unpaired) electrons. The Morgan fingerprint density at radius 3 is 2.38 bits per heavy atom. The Hall–Kier alpha value is -3.92. The molecule has 198 valence electrons. The zero-order valence-corrected chi connectivity index (χ0v) is 21.6. The lowest BCUT2D eigenvalue weighted by Crippen LogP contribution is -2.56. The van der Waals surface area contributed by atoms with E-state index in [0.29, 0.717) is 0 Å². The number of carbonyl (C=O) groups is 4. The summed E-state index contributed by atoms with van der Waals surface area (Å²) in [5.41, 5.74) is 15.7. The number of phenols is 1. The van der Waals surface area contributed by atoms with Crippen LogP contribution in [0.3, 0.4) is 0 Å². The fraction of sp³-hybridized carbons (Fsp3) is 0.407. The first-order valence-electron chi connectivity index (χ1n) is 12.2. The van der Waals surface area contributed by atoms with Crippen LogP contribution in [0.1, 0.15) is 47.6 Å². The van der Waals surface area contributed by atoms with Crippen LogP contribution in [0.5, 0.6) is 5.75 Å². The molecule has 4 amide bonds. The minimum Gasteiger partial charge on any atom is -0.508 e. The predicted octanol–water partition coefficient (Wildman–Crippen LogP) is 0.500. The third kappa shape index (κ3) is 6.45. The second kappa shape index (κ2) is 11.4. The van der Waals surface area contributed by atoms with Gasteiger partial charge in [0.05, 0.1) is 12.6 Å². The van der Waals surface area contributed by atoms with Gasteiger partial charge in [-0.25, -0.2) is 0 Å². The van der Waals surface area contributed by atoms with E-state index in [4.69, 9.17) is 11.5 Å². The number of benzene rings is 2. The molecule has 1 aliphatic rings. The standard InChI is InChI=1S/C27H35N5O5/c1-14-9-19(33)10-15(2)21(14)11-22(28)26(36)30-17(4)25(35)31-24-16(3)20-8-6-5-7-18(20)12-32(27(24)37)13-23(29)34/h5-10,16-17,22,24,33H,11-13,28H2,1-4H3,(H2,29,34)(H,30,36)(H,31,35)/t16-,17+,22-,24-/m0/s1. The first-order valence-corrected chi connectivity index (χ1v) is 12.2. The molecule has 0 aliphatic carbocycles. The number of aromatic hydroxyl groups is 1. The monoisotopic (exact) mass is 509 g/mol. The molecule has 0 bridgehead atoms. The Bertz CT molecular complexity index is 1190. The number of amides is 4. The molecule has 0 spiro atoms. The molecule has 37 heavy (non-hydrogen) atoms. The zero-order chi connectivity index (χ0) is 27.4. The van der Waals surface area contributed by atoms with Gasteiger partial charge in [-0.2, -0.15) is 0 Å². The number of nitrogens with two attached hydrogens (primary N) is 2. The number of primary amides is 1. The summed E-state index contributed by atoms with van der Waals surface area (Å²) in [6.45, 7) is 6.92. The maximum absolute atomic E-state index is 13.3. The van der Waals surface area contributed by atoms with Crippen molar-refractivity contribution < 1.29 is 24.3 Å². The van der Waals surface area contributed by atoms with Crippen LogP contribution in [0.25, 0.3) is 0 Å². The van der Waals surface area contributed by atoms with E-state index in [1.807, 2.05) is 45.0 Å². The molecule has 10 nitrogen and oxygen atoms in total. The topological polar surface area (TPSA) is 168 Å². The van der Waals surface area contributed by atoms with Crippen LogP contribution >= 0.6 is 0 Å². The van der Waals surface area contributed by atoms with E-state index in [1.54, 1.807) is 12.1 Å². The van der Waals surface area contributed by atoms with Crippen LogP contribution in [0.2, 0.25) is 0 Å². The smallest absolute Gasteiger partial charge is 0.246 e. The summed E-state index contributed by atoms with van der Waals surface area (Å²) in [5, 5.41) is 15.1. The molecule has 2 aromatic carbocycles. The molecule has 0 aromatic heterocycles. The van der Waals surface area contributed by atoms with Gasteiger partial charge < -0.3 is 32.1 Å². The van der Waals surface area contributed by atoms with Crippen molar-refractivity contribution in [3.05, 3.63) is 64.2 Å². The lowest BCUT2D eigenvalue weighted by Gasteiger charge is -2.28. The lowest BCUT2D eigenvalue weighted by molar-refractivity contribution is -0.140. The average molecular weight is 510 g/mol. The second-order valence-corrected chi connectivity index (χ2v) is 9.73. The molecule has 0 saturated heterocycles. The third-order valence-corrected chi connectivity index (χ3v) is 6.82. The van der Waals surface area contributed by atoms with Gasteiger partial charge in [-0.15, -0.1) is 0 Å². The molecule has 0 unspecified atom stereocenters. The summed E-state index contributed by atoms with van der Waals surface area (Å²) >= 11 is 0. The number of carbonyl (C=O) groups excluding carboxylic acids is 4. The van der Waals surface area contributed by atoms with E-state index in [0.717, 1.165) is 27.8 Å². The largest absolute Gasteiger partial charge is 0.508 e. The van der Waals surface area contributed by atoms with Gasteiger partial charge in [-0.3, -0.25) is 19.2 Å². The zero-order valence-electron chi connectivity index (χ0n) is 21.6. The molecule has 0 saturated carbocycles. The molecule has 2 aromatic rings. The average Bonchev–Trinajstić information content (AvgIpc) is 2.91. The number of phenolic OH excluding ortho intramolecular Hbond substituents is 1. The Morgan fingerprint density at radius 2 is 1.76 bits per heavy atom. The highest BCUT2D eigenvalue weighted by Crippen LogP contribution is 2.29. The normalized spacial score (nSPS) is 18.8. The molecule has 1 heterocycles. The highest BCUT2D eigenvalue weighted by Gasteiger charge is 2.37. The quantitative estimate of drug-likeness (QED) is 0.347. The van der Waals surface area contributed by atoms with Crippen molar-refractivity contribution in [1.82, 2.24) is 15.5 Å². The number of hydrogen-bond donors (Lipinski definition) is 5. The Labute approximate surface area is 216 Å². The van der Waals surface area contributed by atoms with E-state index in [2.05, 4.69) is 10.6 Å². The summed E-state index contributed by atoms with van der Waals surface area (Å²) in [6, 6.07) is 7.82. The highest BCUT2D eigenvalue weighted by atomic mass is 16.3. The highest BCUT2D eigenvalue weighted by molar-refractivity contribution is 5.94. The molecular formula is C27H35N5O5.